The highest BCUT2D eigenvalue weighted by Crippen LogP contribution is 2.35. The lowest BCUT2D eigenvalue weighted by molar-refractivity contribution is 0.275. The van der Waals surface area contributed by atoms with Gasteiger partial charge in [0.2, 0.25) is 0 Å². The van der Waals surface area contributed by atoms with E-state index in [0.29, 0.717) is 17.4 Å². The minimum Gasteiger partial charge on any atom is -0.369 e. The van der Waals surface area contributed by atoms with Crippen LogP contribution in [0.2, 0.25) is 0 Å². The molecule has 2 aliphatic heterocycles. The number of hydrogen-bond donors (Lipinski definition) is 0. The Balaban J connectivity index is 1.26. The van der Waals surface area contributed by atoms with Crippen molar-refractivity contribution >= 4 is 22.5 Å². The van der Waals surface area contributed by atoms with Crippen molar-refractivity contribution in [2.45, 2.75) is 13.3 Å². The number of benzene rings is 1. The van der Waals surface area contributed by atoms with E-state index in [4.69, 9.17) is 4.98 Å². The van der Waals surface area contributed by atoms with Gasteiger partial charge in [-0.25, -0.2) is 14.1 Å². The molecule has 0 spiro atoms. The van der Waals surface area contributed by atoms with Gasteiger partial charge in [-0.1, -0.05) is 0 Å². The van der Waals surface area contributed by atoms with Gasteiger partial charge in [-0.2, -0.15) is 5.10 Å². The highest BCUT2D eigenvalue weighted by molar-refractivity contribution is 5.75. The molecule has 0 amide bonds. The number of fused-ring (bicyclic) bond motifs is 3. The third kappa shape index (κ3) is 3.45. The van der Waals surface area contributed by atoms with E-state index in [1.165, 1.54) is 24.2 Å². The van der Waals surface area contributed by atoms with Crippen LogP contribution in [0, 0.1) is 24.6 Å². The molecule has 2 fully saturated rings. The first kappa shape index (κ1) is 19.2. The summed E-state index contributed by atoms with van der Waals surface area (Å²) in [5.41, 5.74) is 4.55. The van der Waals surface area contributed by atoms with E-state index in [2.05, 4.69) is 30.9 Å². The zero-order chi connectivity index (χ0) is 21.7. The van der Waals surface area contributed by atoms with Gasteiger partial charge in [0.1, 0.15) is 17.3 Å². The molecule has 2 bridgehead atoms. The molecule has 0 aliphatic carbocycles. The average molecular weight is 430 g/mol. The van der Waals surface area contributed by atoms with Crippen molar-refractivity contribution in [1.29, 1.82) is 0 Å². The molecule has 0 saturated carbocycles. The summed E-state index contributed by atoms with van der Waals surface area (Å²) in [6.45, 7) is 5.88. The number of rotatable bonds is 3. The Morgan fingerprint density at radius 3 is 2.50 bits per heavy atom. The molecule has 2 unspecified atom stereocenters. The molecule has 2 saturated heterocycles. The van der Waals surface area contributed by atoms with Crippen molar-refractivity contribution in [3.63, 3.8) is 0 Å². The molecule has 5 heterocycles. The number of piperidine rings is 2. The van der Waals surface area contributed by atoms with Crippen LogP contribution in [0.4, 0.5) is 15.9 Å². The number of hydrogen-bond acceptors (Lipinski definition) is 6. The van der Waals surface area contributed by atoms with E-state index in [1.54, 1.807) is 18.5 Å². The maximum absolute atomic E-state index is 13.5. The van der Waals surface area contributed by atoms with E-state index in [1.807, 2.05) is 30.1 Å². The van der Waals surface area contributed by atoms with Crippen LogP contribution in [-0.2, 0) is 0 Å². The molecular weight excluding hydrogens is 405 g/mol. The topological polar surface area (TPSA) is 63.0 Å². The Hall–Kier alpha value is -3.55. The Morgan fingerprint density at radius 1 is 0.906 bits per heavy atom. The molecule has 0 N–H and O–H groups in total. The molecule has 32 heavy (non-hydrogen) atoms. The maximum Gasteiger partial charge on any atom is 0.147 e. The minimum absolute atomic E-state index is 0.284. The summed E-state index contributed by atoms with van der Waals surface area (Å²) in [5, 5.41) is 4.43. The van der Waals surface area contributed by atoms with E-state index < -0.39 is 0 Å². The fraction of sp³-hybridized carbons (Fsp3) is 0.333. The summed E-state index contributed by atoms with van der Waals surface area (Å²) in [7, 11) is 0. The van der Waals surface area contributed by atoms with Gasteiger partial charge in [0.05, 0.1) is 29.1 Å². The molecule has 8 heteroatoms. The third-order valence-corrected chi connectivity index (χ3v) is 6.49. The standard InChI is InChI=1S/C24H24FN7/c1-16-7-22(23(10-26-16)32-6-2-5-28-32)30-12-17-8-18(13-30)15-31(14-17)24-11-27-21-9-19(25)3-4-20(21)29-24/h2-7,9-11,17-18H,8,12-15H2,1H3. The molecule has 6 rings (SSSR count). The Morgan fingerprint density at radius 2 is 1.72 bits per heavy atom. The van der Waals surface area contributed by atoms with Gasteiger partial charge in [-0.3, -0.25) is 9.97 Å². The molecular formula is C24H24FN7. The predicted molar refractivity (Wildman–Crippen MR) is 122 cm³/mol. The highest BCUT2D eigenvalue weighted by Gasteiger charge is 2.35. The van der Waals surface area contributed by atoms with Crippen molar-refractivity contribution in [3.05, 3.63) is 66.6 Å². The summed E-state index contributed by atoms with van der Waals surface area (Å²) in [6, 6.07) is 8.69. The van der Waals surface area contributed by atoms with Crippen molar-refractivity contribution in [3.8, 4) is 5.69 Å². The first-order chi connectivity index (χ1) is 15.6. The van der Waals surface area contributed by atoms with Gasteiger partial charge < -0.3 is 9.80 Å². The molecule has 3 aromatic heterocycles. The fourth-order valence-corrected chi connectivity index (χ4v) is 5.17. The van der Waals surface area contributed by atoms with Crippen LogP contribution in [0.1, 0.15) is 12.1 Å². The first-order valence-corrected chi connectivity index (χ1v) is 11.0. The van der Waals surface area contributed by atoms with Crippen molar-refractivity contribution in [1.82, 2.24) is 24.7 Å². The van der Waals surface area contributed by atoms with E-state index in [-0.39, 0.29) is 5.82 Å². The third-order valence-electron chi connectivity index (χ3n) is 6.49. The van der Waals surface area contributed by atoms with E-state index >= 15 is 0 Å². The molecule has 162 valence electrons. The second kappa shape index (κ2) is 7.55. The summed E-state index contributed by atoms with van der Waals surface area (Å²) < 4.78 is 15.4. The largest absolute Gasteiger partial charge is 0.369 e. The highest BCUT2D eigenvalue weighted by atomic mass is 19.1. The zero-order valence-electron chi connectivity index (χ0n) is 17.9. The maximum atomic E-state index is 13.5. The Kier molecular flexibility index (Phi) is 4.52. The van der Waals surface area contributed by atoms with Crippen LogP contribution >= 0.6 is 0 Å². The molecule has 2 aliphatic rings. The SMILES string of the molecule is Cc1cc(N2CC3CC(CN(c4cnc5cc(F)ccc5n4)C3)C2)c(-n2cccn2)cn1. The van der Waals surface area contributed by atoms with Crippen LogP contribution in [0.3, 0.4) is 0 Å². The normalized spacial score (nSPS) is 20.7. The second-order valence-corrected chi connectivity index (χ2v) is 8.90. The number of pyridine rings is 1. The van der Waals surface area contributed by atoms with Gasteiger partial charge in [-0.15, -0.1) is 0 Å². The van der Waals surface area contributed by atoms with E-state index in [0.717, 1.165) is 48.9 Å². The van der Waals surface area contributed by atoms with Crippen LogP contribution in [-0.4, -0.2) is 50.9 Å². The molecule has 7 nitrogen and oxygen atoms in total. The summed E-state index contributed by atoms with van der Waals surface area (Å²) in [5.74, 6) is 1.66. The summed E-state index contributed by atoms with van der Waals surface area (Å²) in [4.78, 5) is 18.6. The fourth-order valence-electron chi connectivity index (χ4n) is 5.17. The molecule has 4 aromatic rings. The Labute approximate surface area is 185 Å². The van der Waals surface area contributed by atoms with E-state index in [9.17, 15) is 4.39 Å². The van der Waals surface area contributed by atoms with Gasteiger partial charge in [0, 0.05) is 50.3 Å². The van der Waals surface area contributed by atoms with Crippen LogP contribution in [0.5, 0.6) is 0 Å². The lowest BCUT2D eigenvalue weighted by Gasteiger charge is -2.47. The van der Waals surface area contributed by atoms with Crippen molar-refractivity contribution < 1.29 is 4.39 Å². The minimum atomic E-state index is -0.284. The smallest absolute Gasteiger partial charge is 0.147 e. The van der Waals surface area contributed by atoms with Crippen LogP contribution in [0.25, 0.3) is 16.7 Å². The molecule has 2 atom stereocenters. The zero-order valence-corrected chi connectivity index (χ0v) is 17.9. The predicted octanol–water partition coefficient (Wildman–Crippen LogP) is 3.62. The summed E-state index contributed by atoms with van der Waals surface area (Å²) >= 11 is 0. The lowest BCUT2D eigenvalue weighted by Crippen LogP contribution is -2.53. The van der Waals surface area contributed by atoms with Crippen molar-refractivity contribution in [2.75, 3.05) is 36.0 Å². The number of anilines is 2. The first-order valence-electron chi connectivity index (χ1n) is 11.0. The van der Waals surface area contributed by atoms with Crippen LogP contribution in [0.15, 0.2) is 55.1 Å². The van der Waals surface area contributed by atoms with Crippen LogP contribution < -0.4 is 9.80 Å². The second-order valence-electron chi connectivity index (χ2n) is 8.90. The number of nitrogens with zero attached hydrogens (tertiary/aromatic N) is 7. The lowest BCUT2D eigenvalue weighted by atomic mass is 9.84. The quantitative estimate of drug-likeness (QED) is 0.496. The monoisotopic (exact) mass is 429 g/mol. The van der Waals surface area contributed by atoms with Gasteiger partial charge in [-0.05, 0) is 49.4 Å². The van der Waals surface area contributed by atoms with Gasteiger partial charge >= 0.3 is 0 Å². The number of aryl methyl sites for hydroxylation is 1. The Bertz CT molecular complexity index is 1260. The van der Waals surface area contributed by atoms with Gasteiger partial charge in [0.25, 0.3) is 0 Å². The number of halogens is 1. The molecule has 1 aromatic carbocycles. The van der Waals surface area contributed by atoms with Gasteiger partial charge in [0.15, 0.2) is 0 Å². The molecule has 0 radical (unpaired) electrons. The number of aromatic nitrogens is 5. The summed E-state index contributed by atoms with van der Waals surface area (Å²) in [6.07, 6.45) is 8.68. The van der Waals surface area contributed by atoms with Crippen molar-refractivity contribution in [2.24, 2.45) is 11.8 Å². The average Bonchev–Trinajstić information content (AvgIpc) is 3.32.